The van der Waals surface area contributed by atoms with E-state index in [0.29, 0.717) is 13.1 Å². The second-order valence-corrected chi connectivity index (χ2v) is 7.37. The lowest BCUT2D eigenvalue weighted by atomic mass is 10.1. The maximum Gasteiger partial charge on any atom is 0.228 e. The molecule has 2 aliphatic heterocycles. The molecule has 0 aromatic heterocycles. The average molecular weight is 397 g/mol. The summed E-state index contributed by atoms with van der Waals surface area (Å²) in [6.07, 6.45) is 0.131. The number of nitrogens with zero attached hydrogens (tertiary/aromatic N) is 3. The zero-order valence-electron chi connectivity index (χ0n) is 16.4. The normalized spacial score (nSPS) is 19.6. The SMILES string of the molecule is COc1ccc(N2CCN(C(=O)[C@@H]3CC(=O)N(c4ccccc4F)C3)CC2)cc1. The molecule has 7 heteroatoms. The maximum atomic E-state index is 14.0. The Hall–Kier alpha value is -3.09. The number of carbonyl (C=O) groups is 2. The standard InChI is InChI=1S/C22H24FN3O3/c1-29-18-8-6-17(7-9-18)24-10-12-25(13-11-24)22(28)16-14-21(27)26(15-16)20-5-3-2-4-19(20)23/h2-9,16H,10-15H2,1H3/t16-/m1/s1. The van der Waals surface area contributed by atoms with Gasteiger partial charge >= 0.3 is 0 Å². The molecule has 2 aromatic rings. The first kappa shape index (κ1) is 19.2. The molecule has 2 saturated heterocycles. The number of para-hydroxylation sites is 1. The predicted molar refractivity (Wildman–Crippen MR) is 109 cm³/mol. The van der Waals surface area contributed by atoms with Gasteiger partial charge in [0.25, 0.3) is 0 Å². The van der Waals surface area contributed by atoms with E-state index in [1.54, 1.807) is 25.3 Å². The summed E-state index contributed by atoms with van der Waals surface area (Å²) in [5, 5.41) is 0. The average Bonchev–Trinajstić information content (AvgIpc) is 3.15. The van der Waals surface area contributed by atoms with Crippen LogP contribution in [0.1, 0.15) is 6.42 Å². The van der Waals surface area contributed by atoms with Crippen molar-refractivity contribution in [1.29, 1.82) is 0 Å². The van der Waals surface area contributed by atoms with Crippen molar-refractivity contribution in [3.8, 4) is 5.75 Å². The van der Waals surface area contributed by atoms with Crippen LogP contribution >= 0.6 is 0 Å². The Morgan fingerprint density at radius 1 is 1.03 bits per heavy atom. The van der Waals surface area contributed by atoms with Crippen LogP contribution in [-0.2, 0) is 9.59 Å². The smallest absolute Gasteiger partial charge is 0.228 e. The van der Waals surface area contributed by atoms with Gasteiger partial charge in [-0.1, -0.05) is 12.1 Å². The van der Waals surface area contributed by atoms with E-state index in [0.717, 1.165) is 24.5 Å². The van der Waals surface area contributed by atoms with Crippen LogP contribution in [0.4, 0.5) is 15.8 Å². The first-order valence-electron chi connectivity index (χ1n) is 9.79. The van der Waals surface area contributed by atoms with Gasteiger partial charge in [0.2, 0.25) is 11.8 Å². The number of anilines is 2. The van der Waals surface area contributed by atoms with Gasteiger partial charge in [-0.15, -0.1) is 0 Å². The summed E-state index contributed by atoms with van der Waals surface area (Å²) < 4.78 is 19.2. The topological polar surface area (TPSA) is 53.1 Å². The predicted octanol–water partition coefficient (Wildman–Crippen LogP) is 2.54. The van der Waals surface area contributed by atoms with Crippen LogP contribution in [0, 0.1) is 11.7 Å². The molecule has 152 valence electrons. The van der Waals surface area contributed by atoms with Gasteiger partial charge < -0.3 is 19.4 Å². The lowest BCUT2D eigenvalue weighted by molar-refractivity contribution is -0.136. The zero-order valence-corrected chi connectivity index (χ0v) is 16.4. The fourth-order valence-corrected chi connectivity index (χ4v) is 4.01. The number of benzene rings is 2. The third-order valence-electron chi connectivity index (χ3n) is 5.65. The van der Waals surface area contributed by atoms with Gasteiger partial charge in [-0.25, -0.2) is 4.39 Å². The number of carbonyl (C=O) groups excluding carboxylic acids is 2. The molecule has 4 rings (SSSR count). The fourth-order valence-electron chi connectivity index (χ4n) is 4.01. The minimum absolute atomic E-state index is 0.0217. The number of amides is 2. The van der Waals surface area contributed by atoms with Crippen LogP contribution in [0.25, 0.3) is 0 Å². The van der Waals surface area contributed by atoms with Crippen LogP contribution in [-0.4, -0.2) is 56.5 Å². The van der Waals surface area contributed by atoms with E-state index in [1.807, 2.05) is 29.2 Å². The van der Waals surface area contributed by atoms with Crippen LogP contribution in [0.2, 0.25) is 0 Å². The summed E-state index contributed by atoms with van der Waals surface area (Å²) in [5.74, 6) is -0.276. The fraction of sp³-hybridized carbons (Fsp3) is 0.364. The van der Waals surface area contributed by atoms with Crippen molar-refractivity contribution in [2.45, 2.75) is 6.42 Å². The highest BCUT2D eigenvalue weighted by Gasteiger charge is 2.38. The quantitative estimate of drug-likeness (QED) is 0.796. The molecule has 0 radical (unpaired) electrons. The van der Waals surface area contributed by atoms with Gasteiger partial charge in [0.1, 0.15) is 11.6 Å². The molecule has 0 saturated carbocycles. The largest absolute Gasteiger partial charge is 0.497 e. The molecule has 0 aliphatic carbocycles. The lowest BCUT2D eigenvalue weighted by Gasteiger charge is -2.37. The van der Waals surface area contributed by atoms with Crippen molar-refractivity contribution in [3.05, 3.63) is 54.3 Å². The number of hydrogen-bond donors (Lipinski definition) is 0. The Labute approximate surface area is 169 Å². The van der Waals surface area contributed by atoms with Crippen molar-refractivity contribution in [3.63, 3.8) is 0 Å². The first-order chi connectivity index (χ1) is 14.1. The maximum absolute atomic E-state index is 14.0. The first-order valence-corrected chi connectivity index (χ1v) is 9.79. The molecule has 0 spiro atoms. The Bertz CT molecular complexity index is 894. The van der Waals surface area contributed by atoms with Crippen molar-refractivity contribution < 1.29 is 18.7 Å². The summed E-state index contributed by atoms with van der Waals surface area (Å²) in [6.45, 7) is 2.91. The Balaban J connectivity index is 1.36. The molecule has 1 atom stereocenters. The molecule has 2 heterocycles. The second-order valence-electron chi connectivity index (χ2n) is 7.37. The van der Waals surface area contributed by atoms with Gasteiger partial charge in [0.15, 0.2) is 0 Å². The van der Waals surface area contributed by atoms with E-state index in [2.05, 4.69) is 4.90 Å². The van der Waals surface area contributed by atoms with E-state index in [1.165, 1.54) is 11.0 Å². The van der Waals surface area contributed by atoms with Crippen molar-refractivity contribution in [2.24, 2.45) is 5.92 Å². The molecule has 0 bridgehead atoms. The number of ether oxygens (including phenoxy) is 1. The highest BCUT2D eigenvalue weighted by atomic mass is 19.1. The Kier molecular flexibility index (Phi) is 5.38. The van der Waals surface area contributed by atoms with Crippen molar-refractivity contribution >= 4 is 23.2 Å². The zero-order chi connectivity index (χ0) is 20.4. The molecule has 29 heavy (non-hydrogen) atoms. The molecule has 2 aromatic carbocycles. The third-order valence-corrected chi connectivity index (χ3v) is 5.65. The van der Waals surface area contributed by atoms with Gasteiger partial charge in [-0.05, 0) is 36.4 Å². The summed E-state index contributed by atoms with van der Waals surface area (Å²) in [6, 6.07) is 14.1. The van der Waals surface area contributed by atoms with Crippen LogP contribution in [0.3, 0.4) is 0 Å². The minimum Gasteiger partial charge on any atom is -0.497 e. The lowest BCUT2D eigenvalue weighted by Crippen LogP contribution is -2.50. The molecule has 6 nitrogen and oxygen atoms in total. The van der Waals surface area contributed by atoms with E-state index in [-0.39, 0.29) is 30.5 Å². The van der Waals surface area contributed by atoms with Crippen molar-refractivity contribution in [1.82, 2.24) is 4.90 Å². The molecular formula is C22H24FN3O3. The third kappa shape index (κ3) is 3.90. The Morgan fingerprint density at radius 2 is 1.72 bits per heavy atom. The molecule has 2 fully saturated rings. The number of hydrogen-bond acceptors (Lipinski definition) is 4. The number of methoxy groups -OCH3 is 1. The molecule has 2 amide bonds. The highest BCUT2D eigenvalue weighted by Crippen LogP contribution is 2.29. The molecule has 2 aliphatic rings. The van der Waals surface area contributed by atoms with Crippen LogP contribution < -0.4 is 14.5 Å². The monoisotopic (exact) mass is 397 g/mol. The number of piperazine rings is 1. The highest BCUT2D eigenvalue weighted by molar-refractivity contribution is 6.00. The van der Waals surface area contributed by atoms with Gasteiger partial charge in [-0.3, -0.25) is 9.59 Å². The van der Waals surface area contributed by atoms with Gasteiger partial charge in [-0.2, -0.15) is 0 Å². The van der Waals surface area contributed by atoms with E-state index < -0.39 is 11.7 Å². The summed E-state index contributed by atoms with van der Waals surface area (Å²) in [4.78, 5) is 30.8. The van der Waals surface area contributed by atoms with E-state index in [4.69, 9.17) is 4.74 Å². The van der Waals surface area contributed by atoms with E-state index >= 15 is 0 Å². The summed E-state index contributed by atoms with van der Waals surface area (Å²) in [5.41, 5.74) is 1.34. The van der Waals surface area contributed by atoms with Crippen LogP contribution in [0.15, 0.2) is 48.5 Å². The summed E-state index contributed by atoms with van der Waals surface area (Å²) in [7, 11) is 1.64. The summed E-state index contributed by atoms with van der Waals surface area (Å²) >= 11 is 0. The van der Waals surface area contributed by atoms with Gasteiger partial charge in [0.05, 0.1) is 18.7 Å². The van der Waals surface area contributed by atoms with E-state index in [9.17, 15) is 14.0 Å². The molecule has 0 unspecified atom stereocenters. The number of rotatable bonds is 4. The molecule has 0 N–H and O–H groups in total. The molecular weight excluding hydrogens is 373 g/mol. The van der Waals surface area contributed by atoms with Crippen molar-refractivity contribution in [2.75, 3.05) is 49.6 Å². The Morgan fingerprint density at radius 3 is 2.38 bits per heavy atom. The number of halogens is 1. The van der Waals surface area contributed by atoms with Gasteiger partial charge in [0, 0.05) is 44.8 Å². The van der Waals surface area contributed by atoms with Crippen LogP contribution in [0.5, 0.6) is 5.75 Å². The second kappa shape index (κ2) is 8.11. The minimum atomic E-state index is -0.443.